The van der Waals surface area contributed by atoms with Crippen LogP contribution in [0.1, 0.15) is 62.9 Å². The number of aromatic nitrogens is 3. The summed E-state index contributed by atoms with van der Waals surface area (Å²) < 4.78 is 37.2. The minimum Gasteiger partial charge on any atom is -0.490 e. The molecule has 4 rings (SSSR count). The van der Waals surface area contributed by atoms with Crippen molar-refractivity contribution in [2.75, 3.05) is 18.4 Å². The predicted octanol–water partition coefficient (Wildman–Crippen LogP) is 3.56. The van der Waals surface area contributed by atoms with Crippen molar-refractivity contribution < 1.29 is 27.8 Å². The van der Waals surface area contributed by atoms with Crippen molar-refractivity contribution in [1.82, 2.24) is 20.1 Å². The molecule has 2 aliphatic rings. The Bertz CT molecular complexity index is 1230. The third-order valence-corrected chi connectivity index (χ3v) is 6.06. The number of aromatic amines is 1. The normalized spacial score (nSPS) is 19.3. The molecular weight excluding hydrogens is 488 g/mol. The molecule has 2 aromatic rings. The summed E-state index contributed by atoms with van der Waals surface area (Å²) in [7, 11) is 0. The van der Waals surface area contributed by atoms with Crippen LogP contribution in [-0.2, 0) is 16.0 Å². The second kappa shape index (κ2) is 10.1. The molecule has 37 heavy (non-hydrogen) atoms. The van der Waals surface area contributed by atoms with Gasteiger partial charge in [-0.25, -0.2) is 18.7 Å². The molecule has 0 spiro atoms. The number of nitrogens with zero attached hydrogens (tertiary/aromatic N) is 3. The minimum atomic E-state index is -2.69. The van der Waals surface area contributed by atoms with Gasteiger partial charge in [-0.1, -0.05) is 0 Å². The lowest BCUT2D eigenvalue weighted by Crippen LogP contribution is -2.43. The first-order valence-electron chi connectivity index (χ1n) is 12.2. The Morgan fingerprint density at radius 2 is 1.97 bits per heavy atom. The van der Waals surface area contributed by atoms with Crippen LogP contribution in [-0.4, -0.2) is 62.8 Å². The van der Waals surface area contributed by atoms with Crippen LogP contribution in [0.4, 0.5) is 19.4 Å². The third kappa shape index (κ3) is 7.01. The van der Waals surface area contributed by atoms with Crippen molar-refractivity contribution in [2.24, 2.45) is 0 Å². The quantitative estimate of drug-likeness (QED) is 0.598. The molecule has 1 aliphatic carbocycles. The molecule has 2 fully saturated rings. The van der Waals surface area contributed by atoms with Crippen LogP contribution < -0.4 is 15.6 Å². The lowest BCUT2D eigenvalue weighted by atomic mass is 9.91. The lowest BCUT2D eigenvalue weighted by molar-refractivity contribution is -0.134. The molecule has 2 N–H and O–H groups in total. The van der Waals surface area contributed by atoms with E-state index >= 15 is 0 Å². The van der Waals surface area contributed by atoms with Crippen molar-refractivity contribution in [2.45, 2.75) is 76.9 Å². The van der Waals surface area contributed by atoms with Gasteiger partial charge >= 0.3 is 6.09 Å². The average molecular weight is 520 g/mol. The van der Waals surface area contributed by atoms with E-state index in [9.17, 15) is 23.2 Å². The van der Waals surface area contributed by atoms with Crippen molar-refractivity contribution in [3.8, 4) is 5.75 Å². The molecule has 0 radical (unpaired) electrons. The third-order valence-electron chi connectivity index (χ3n) is 6.06. The maximum absolute atomic E-state index is 13.1. The number of aryl methyl sites for hydroxylation is 1. The smallest absolute Gasteiger partial charge is 0.410 e. The largest absolute Gasteiger partial charge is 0.490 e. The fourth-order valence-corrected chi connectivity index (χ4v) is 4.39. The number of halogens is 2. The van der Waals surface area contributed by atoms with E-state index in [1.54, 1.807) is 44.7 Å². The molecule has 1 atom stereocenters. The Balaban J connectivity index is 1.37. The van der Waals surface area contributed by atoms with Crippen LogP contribution in [0.25, 0.3) is 0 Å². The summed E-state index contributed by atoms with van der Waals surface area (Å²) >= 11 is 0. The SMILES string of the molecule is Cc1cc(OC2CC(F)(F)C2)cc(CC(=O)Nc2cc(C3CCN(C(=O)OC(C)(C)C)C3)c(=O)[nH]n2)n1. The molecule has 12 heteroatoms. The van der Waals surface area contributed by atoms with Crippen LogP contribution in [0.3, 0.4) is 0 Å². The number of hydrogen-bond acceptors (Lipinski definition) is 7. The van der Waals surface area contributed by atoms with E-state index in [-0.39, 0.29) is 31.0 Å². The van der Waals surface area contributed by atoms with Crippen LogP contribution >= 0.6 is 0 Å². The van der Waals surface area contributed by atoms with E-state index in [1.165, 1.54) is 6.07 Å². The second-order valence-electron chi connectivity index (χ2n) is 10.6. The van der Waals surface area contributed by atoms with Crippen molar-refractivity contribution in [3.63, 3.8) is 0 Å². The monoisotopic (exact) mass is 519 g/mol. The van der Waals surface area contributed by atoms with Gasteiger partial charge in [-0.05, 0) is 40.2 Å². The van der Waals surface area contributed by atoms with E-state index in [1.807, 2.05) is 0 Å². The van der Waals surface area contributed by atoms with Crippen LogP contribution in [0.15, 0.2) is 23.0 Å². The predicted molar refractivity (Wildman–Crippen MR) is 130 cm³/mol. The number of likely N-dealkylation sites (tertiary alicyclic amines) is 1. The minimum absolute atomic E-state index is 0.106. The highest BCUT2D eigenvalue weighted by Crippen LogP contribution is 2.39. The molecule has 200 valence electrons. The van der Waals surface area contributed by atoms with Gasteiger partial charge in [0.25, 0.3) is 11.5 Å². The van der Waals surface area contributed by atoms with Crippen LogP contribution in [0, 0.1) is 6.92 Å². The number of amides is 2. The summed E-state index contributed by atoms with van der Waals surface area (Å²) in [5, 5.41) is 8.97. The number of H-pyrrole nitrogens is 1. The number of hydrogen-bond donors (Lipinski definition) is 2. The Labute approximate surface area is 212 Å². The number of carbonyl (C=O) groups is 2. The highest BCUT2D eigenvalue weighted by molar-refractivity contribution is 5.91. The number of ether oxygens (including phenoxy) is 2. The van der Waals surface area contributed by atoms with Gasteiger partial charge in [0, 0.05) is 55.2 Å². The molecule has 0 aromatic carbocycles. The maximum atomic E-state index is 13.1. The van der Waals surface area contributed by atoms with Gasteiger partial charge in [0.1, 0.15) is 17.5 Å². The number of carbonyl (C=O) groups excluding carboxylic acids is 2. The van der Waals surface area contributed by atoms with Crippen LogP contribution in [0.5, 0.6) is 5.75 Å². The number of alkyl halides is 2. The second-order valence-corrected chi connectivity index (χ2v) is 10.6. The molecule has 1 saturated carbocycles. The Morgan fingerprint density at radius 3 is 2.65 bits per heavy atom. The van der Waals surface area contributed by atoms with Gasteiger partial charge in [-0.2, -0.15) is 5.10 Å². The maximum Gasteiger partial charge on any atom is 0.410 e. The first kappa shape index (κ1) is 26.5. The summed E-state index contributed by atoms with van der Waals surface area (Å²) in [5.74, 6) is -2.80. The lowest BCUT2D eigenvalue weighted by Gasteiger charge is -2.34. The molecule has 2 aromatic heterocycles. The van der Waals surface area contributed by atoms with Gasteiger partial charge in [-0.3, -0.25) is 14.6 Å². The Morgan fingerprint density at radius 1 is 1.24 bits per heavy atom. The topological polar surface area (TPSA) is 127 Å². The molecule has 10 nitrogen and oxygen atoms in total. The van der Waals surface area contributed by atoms with E-state index in [4.69, 9.17) is 9.47 Å². The van der Waals surface area contributed by atoms with E-state index in [2.05, 4.69) is 20.5 Å². The average Bonchev–Trinajstić information content (AvgIpc) is 3.22. The first-order chi connectivity index (χ1) is 17.3. The molecule has 3 heterocycles. The van der Waals surface area contributed by atoms with Crippen molar-refractivity contribution in [1.29, 1.82) is 0 Å². The summed E-state index contributed by atoms with van der Waals surface area (Å²) in [5.41, 5.74) is 0.403. The fraction of sp³-hybridized carbons (Fsp3) is 0.560. The van der Waals surface area contributed by atoms with Gasteiger partial charge < -0.3 is 19.7 Å². The standard InChI is InChI=1S/C25H31F2N5O5/c1-14-7-17(36-18-11-25(26,27)12-18)8-16(28-14)9-21(33)29-20-10-19(22(34)31-30-20)15-5-6-32(13-15)23(35)37-24(2,3)4/h7-8,10,15,18H,5-6,9,11-13H2,1-4H3,(H,31,34)(H,29,30,33). The number of nitrogens with one attached hydrogen (secondary N) is 2. The molecule has 1 aliphatic heterocycles. The Kier molecular flexibility index (Phi) is 7.20. The summed E-state index contributed by atoms with van der Waals surface area (Å²) in [6.45, 7) is 7.86. The molecular formula is C25H31F2N5O5. The van der Waals surface area contributed by atoms with Gasteiger partial charge in [-0.15, -0.1) is 0 Å². The van der Waals surface area contributed by atoms with E-state index < -0.39 is 35.2 Å². The van der Waals surface area contributed by atoms with Gasteiger partial charge in [0.05, 0.1) is 12.1 Å². The van der Waals surface area contributed by atoms with Crippen LogP contribution in [0.2, 0.25) is 0 Å². The number of rotatable bonds is 6. The summed E-state index contributed by atoms with van der Waals surface area (Å²) in [6, 6.07) is 4.70. The zero-order valence-corrected chi connectivity index (χ0v) is 21.3. The zero-order chi connectivity index (χ0) is 27.0. The van der Waals surface area contributed by atoms with E-state index in [0.29, 0.717) is 42.2 Å². The zero-order valence-electron chi connectivity index (χ0n) is 21.3. The first-order valence-corrected chi connectivity index (χ1v) is 12.2. The molecule has 1 saturated heterocycles. The fourth-order valence-electron chi connectivity index (χ4n) is 4.39. The number of anilines is 1. The summed E-state index contributed by atoms with van der Waals surface area (Å²) in [4.78, 5) is 43.4. The van der Waals surface area contributed by atoms with Gasteiger partial charge in [0.2, 0.25) is 5.91 Å². The molecule has 1 unspecified atom stereocenters. The van der Waals surface area contributed by atoms with Gasteiger partial charge in [0.15, 0.2) is 5.82 Å². The Hall–Kier alpha value is -3.57. The highest BCUT2D eigenvalue weighted by Gasteiger charge is 2.47. The number of pyridine rings is 1. The van der Waals surface area contributed by atoms with E-state index in [0.717, 1.165) is 0 Å². The van der Waals surface area contributed by atoms with Crippen molar-refractivity contribution in [3.05, 3.63) is 45.5 Å². The van der Waals surface area contributed by atoms with Crippen molar-refractivity contribution >= 4 is 17.8 Å². The molecule has 0 bridgehead atoms. The molecule has 2 amide bonds. The highest BCUT2D eigenvalue weighted by atomic mass is 19.3. The summed E-state index contributed by atoms with van der Waals surface area (Å²) in [6.07, 6.45) is -1.20.